The van der Waals surface area contributed by atoms with Gasteiger partial charge in [0.15, 0.2) is 0 Å². The molecule has 0 spiro atoms. The van der Waals surface area contributed by atoms with Gasteiger partial charge >= 0.3 is 0 Å². The monoisotopic (exact) mass is 283 g/mol. The van der Waals surface area contributed by atoms with Crippen LogP contribution in [0.1, 0.15) is 0 Å². The number of fused-ring (bicyclic) bond motifs is 1. The van der Waals surface area contributed by atoms with E-state index in [9.17, 15) is 0 Å². The summed E-state index contributed by atoms with van der Waals surface area (Å²) in [6.45, 7) is 0. The lowest BCUT2D eigenvalue weighted by Gasteiger charge is -2.07. The van der Waals surface area contributed by atoms with Gasteiger partial charge in [0, 0.05) is 16.9 Å². The molecule has 2 heteroatoms. The molecule has 0 saturated carbocycles. The van der Waals surface area contributed by atoms with Gasteiger partial charge in [0.2, 0.25) is 0 Å². The first-order valence-electron chi connectivity index (χ1n) is 5.43. The average molecular weight is 284 g/mol. The summed E-state index contributed by atoms with van der Waals surface area (Å²) < 4.78 is 1.10. The number of hydrogen-bond donors (Lipinski definition) is 0. The maximum Gasteiger partial charge on any atom is 0.0273 e. The summed E-state index contributed by atoms with van der Waals surface area (Å²) >= 11 is 3.56. The van der Waals surface area contributed by atoms with Gasteiger partial charge in [0.05, 0.1) is 0 Å². The van der Waals surface area contributed by atoms with Gasteiger partial charge in [-0.25, -0.2) is 0 Å². The first-order valence-corrected chi connectivity index (χ1v) is 6.22. The van der Waals surface area contributed by atoms with E-state index >= 15 is 0 Å². The van der Waals surface area contributed by atoms with Crippen LogP contribution in [-0.2, 0) is 0 Å². The maximum absolute atomic E-state index is 4.06. The highest BCUT2D eigenvalue weighted by Gasteiger charge is 2.04. The van der Waals surface area contributed by atoms with Gasteiger partial charge in [-0.2, -0.15) is 0 Å². The van der Waals surface area contributed by atoms with Crippen LogP contribution >= 0.6 is 15.9 Å². The molecule has 1 nitrogen and oxygen atoms in total. The average Bonchev–Trinajstić information content (AvgIpc) is 2.39. The number of nitrogens with zero attached hydrogens (tertiary/aromatic N) is 1. The first kappa shape index (κ1) is 10.5. The van der Waals surface area contributed by atoms with Crippen molar-refractivity contribution >= 4 is 26.7 Å². The fraction of sp³-hybridized carbons (Fsp3) is 0. The van der Waals surface area contributed by atoms with E-state index in [1.54, 1.807) is 0 Å². The quantitative estimate of drug-likeness (QED) is 0.633. The van der Waals surface area contributed by atoms with E-state index in [2.05, 4.69) is 57.3 Å². The number of halogens is 1. The first-order chi connectivity index (χ1) is 8.34. The molecule has 0 atom stereocenters. The molecule has 3 rings (SSSR count). The summed E-state index contributed by atoms with van der Waals surface area (Å²) in [7, 11) is 0. The van der Waals surface area contributed by atoms with Crippen molar-refractivity contribution in [3.05, 3.63) is 65.4 Å². The molecule has 0 amide bonds. The van der Waals surface area contributed by atoms with Crippen LogP contribution < -0.4 is 0 Å². The third kappa shape index (κ3) is 1.96. The molecule has 0 bridgehead atoms. The fourth-order valence-corrected chi connectivity index (χ4v) is 2.52. The second-order valence-electron chi connectivity index (χ2n) is 3.91. The third-order valence-electron chi connectivity index (χ3n) is 2.82. The summed E-state index contributed by atoms with van der Waals surface area (Å²) in [5.41, 5.74) is 2.43. The number of aromatic nitrogens is 1. The Morgan fingerprint density at radius 3 is 2.47 bits per heavy atom. The Morgan fingerprint density at radius 1 is 0.882 bits per heavy atom. The van der Waals surface area contributed by atoms with Gasteiger partial charge in [-0.3, -0.25) is 4.98 Å². The van der Waals surface area contributed by atoms with E-state index in [4.69, 9.17) is 0 Å². The number of benzene rings is 2. The molecule has 0 radical (unpaired) electrons. The van der Waals surface area contributed by atoms with Crippen LogP contribution in [0.15, 0.2) is 65.4 Å². The van der Waals surface area contributed by atoms with Crippen LogP contribution in [-0.4, -0.2) is 4.98 Å². The number of hydrogen-bond acceptors (Lipinski definition) is 1. The fourth-order valence-electron chi connectivity index (χ4n) is 2.04. The molecule has 2 aromatic carbocycles. The van der Waals surface area contributed by atoms with E-state index in [1.165, 1.54) is 21.9 Å². The Kier molecular flexibility index (Phi) is 2.65. The largest absolute Gasteiger partial charge is 0.265 e. The Balaban J connectivity index is 2.36. The molecule has 3 aromatic rings. The van der Waals surface area contributed by atoms with Crippen LogP contribution in [0.3, 0.4) is 0 Å². The lowest BCUT2D eigenvalue weighted by molar-refractivity contribution is 1.33. The van der Waals surface area contributed by atoms with Gasteiger partial charge in [-0.05, 0) is 46.2 Å². The van der Waals surface area contributed by atoms with E-state index in [0.717, 1.165) is 4.47 Å². The van der Waals surface area contributed by atoms with E-state index in [0.29, 0.717) is 0 Å². The van der Waals surface area contributed by atoms with Crippen LogP contribution in [0, 0.1) is 0 Å². The van der Waals surface area contributed by atoms with Crippen molar-refractivity contribution in [2.45, 2.75) is 0 Å². The van der Waals surface area contributed by atoms with Gasteiger partial charge < -0.3 is 0 Å². The third-order valence-corrected chi connectivity index (χ3v) is 3.28. The van der Waals surface area contributed by atoms with E-state index in [-0.39, 0.29) is 0 Å². The molecule has 1 heterocycles. The molecule has 0 aliphatic heterocycles. The minimum atomic E-state index is 1.10. The van der Waals surface area contributed by atoms with Crippen molar-refractivity contribution in [1.29, 1.82) is 0 Å². The molecule has 0 N–H and O–H groups in total. The van der Waals surface area contributed by atoms with Crippen molar-refractivity contribution in [3.63, 3.8) is 0 Å². The highest BCUT2D eigenvalue weighted by molar-refractivity contribution is 9.10. The zero-order chi connectivity index (χ0) is 11.7. The van der Waals surface area contributed by atoms with E-state index < -0.39 is 0 Å². The second kappa shape index (κ2) is 4.30. The summed E-state index contributed by atoms with van der Waals surface area (Å²) in [6, 6.07) is 16.8. The van der Waals surface area contributed by atoms with Gasteiger partial charge in [0.25, 0.3) is 0 Å². The molecule has 1 aromatic heterocycles. The van der Waals surface area contributed by atoms with Crippen LogP contribution in [0.5, 0.6) is 0 Å². The maximum atomic E-state index is 4.06. The van der Waals surface area contributed by atoms with Crippen molar-refractivity contribution in [2.24, 2.45) is 0 Å². The molecular formula is C15H10BrN. The summed E-state index contributed by atoms with van der Waals surface area (Å²) in [5.74, 6) is 0. The Morgan fingerprint density at radius 2 is 1.65 bits per heavy atom. The highest BCUT2D eigenvalue weighted by atomic mass is 79.9. The van der Waals surface area contributed by atoms with Crippen molar-refractivity contribution in [1.82, 2.24) is 4.98 Å². The number of rotatable bonds is 1. The normalized spacial score (nSPS) is 10.6. The SMILES string of the molecule is Brc1cc(-c2ccncc2)c2ccccc2c1. The van der Waals surface area contributed by atoms with Crippen molar-refractivity contribution < 1.29 is 0 Å². The van der Waals surface area contributed by atoms with Crippen LogP contribution in [0.25, 0.3) is 21.9 Å². The van der Waals surface area contributed by atoms with Crippen molar-refractivity contribution in [2.75, 3.05) is 0 Å². The standard InChI is InChI=1S/C15H10BrN/c16-13-9-12-3-1-2-4-14(12)15(10-13)11-5-7-17-8-6-11/h1-10H. The Labute approximate surface area is 108 Å². The predicted octanol–water partition coefficient (Wildman–Crippen LogP) is 4.66. The molecule has 0 saturated heterocycles. The summed E-state index contributed by atoms with van der Waals surface area (Å²) in [5, 5.41) is 2.51. The van der Waals surface area contributed by atoms with Gasteiger partial charge in [0.1, 0.15) is 0 Å². The summed E-state index contributed by atoms with van der Waals surface area (Å²) in [6.07, 6.45) is 3.65. The molecule has 17 heavy (non-hydrogen) atoms. The van der Waals surface area contributed by atoms with Crippen molar-refractivity contribution in [3.8, 4) is 11.1 Å². The minimum Gasteiger partial charge on any atom is -0.265 e. The summed E-state index contributed by atoms with van der Waals surface area (Å²) in [4.78, 5) is 4.06. The molecule has 0 unspecified atom stereocenters. The zero-order valence-electron chi connectivity index (χ0n) is 9.10. The minimum absolute atomic E-state index is 1.10. The van der Waals surface area contributed by atoms with Crippen LogP contribution in [0.2, 0.25) is 0 Å². The van der Waals surface area contributed by atoms with E-state index in [1.807, 2.05) is 24.5 Å². The predicted molar refractivity (Wildman–Crippen MR) is 74.9 cm³/mol. The second-order valence-corrected chi connectivity index (χ2v) is 4.83. The van der Waals surface area contributed by atoms with Crippen LogP contribution in [0.4, 0.5) is 0 Å². The molecule has 82 valence electrons. The lowest BCUT2D eigenvalue weighted by atomic mass is 9.99. The molecular weight excluding hydrogens is 274 g/mol. The Bertz CT molecular complexity index is 662. The Hall–Kier alpha value is -1.67. The lowest BCUT2D eigenvalue weighted by Crippen LogP contribution is -1.82. The smallest absolute Gasteiger partial charge is 0.0273 e. The number of pyridine rings is 1. The molecule has 0 fully saturated rings. The molecule has 0 aliphatic rings. The topological polar surface area (TPSA) is 12.9 Å². The highest BCUT2D eigenvalue weighted by Crippen LogP contribution is 2.31. The van der Waals surface area contributed by atoms with Gasteiger partial charge in [-0.15, -0.1) is 0 Å². The zero-order valence-corrected chi connectivity index (χ0v) is 10.7. The molecule has 0 aliphatic carbocycles. The van der Waals surface area contributed by atoms with Gasteiger partial charge in [-0.1, -0.05) is 40.2 Å².